The Bertz CT molecular complexity index is 699. The molecule has 2 heterocycles. The van der Waals surface area contributed by atoms with Crippen LogP contribution in [-0.4, -0.2) is 26.6 Å². The molecule has 0 bridgehead atoms. The Morgan fingerprint density at radius 2 is 1.90 bits per heavy atom. The first-order valence-corrected chi connectivity index (χ1v) is 7.59. The Morgan fingerprint density at radius 3 is 2.62 bits per heavy atom. The van der Waals surface area contributed by atoms with Crippen LogP contribution in [0.4, 0.5) is 0 Å². The van der Waals surface area contributed by atoms with Gasteiger partial charge >= 0.3 is 0 Å². The molecule has 1 aromatic carbocycles. The maximum Gasteiger partial charge on any atom is 0.279 e. The molecule has 21 heavy (non-hydrogen) atoms. The molecule has 1 aliphatic rings. The molecule has 5 heteroatoms. The fourth-order valence-electron chi connectivity index (χ4n) is 3.25. The second kappa shape index (κ2) is 5.48. The van der Waals surface area contributed by atoms with Crippen LogP contribution in [0, 0.1) is 0 Å². The van der Waals surface area contributed by atoms with Crippen LogP contribution in [0.3, 0.4) is 0 Å². The average Bonchev–Trinajstić information content (AvgIpc) is 2.48. The normalized spacial score (nSPS) is 23.5. The number of hydrogen-bond acceptors (Lipinski definition) is 4. The van der Waals surface area contributed by atoms with E-state index in [1.54, 1.807) is 6.07 Å². The topological polar surface area (TPSA) is 64.2 Å². The molecule has 0 saturated carbocycles. The zero-order valence-electron chi connectivity index (χ0n) is 12.6. The lowest BCUT2D eigenvalue weighted by atomic mass is 9.97. The first-order chi connectivity index (χ1) is 10.1. The van der Waals surface area contributed by atoms with Crippen LogP contribution >= 0.6 is 0 Å². The van der Waals surface area contributed by atoms with E-state index in [2.05, 4.69) is 23.7 Å². The standard InChI is InChI=1S/C16H22N4O/c1-11-6-5-7-12(2)19(11)10-15-18-14-9-4-3-8-13(14)16(21)20(15)17/h3-4,8-9,11-12H,5-7,10,17H2,1-2H3. The second-order valence-corrected chi connectivity index (χ2v) is 6.02. The monoisotopic (exact) mass is 286 g/mol. The number of nitrogen functional groups attached to an aromatic ring is 1. The van der Waals surface area contributed by atoms with Crippen molar-refractivity contribution in [2.75, 3.05) is 5.84 Å². The summed E-state index contributed by atoms with van der Waals surface area (Å²) in [6.45, 7) is 5.09. The van der Waals surface area contributed by atoms with E-state index in [1.807, 2.05) is 18.2 Å². The molecule has 3 rings (SSSR count). The van der Waals surface area contributed by atoms with Crippen molar-refractivity contribution in [2.45, 2.75) is 51.7 Å². The van der Waals surface area contributed by atoms with E-state index >= 15 is 0 Å². The molecule has 2 atom stereocenters. The van der Waals surface area contributed by atoms with Gasteiger partial charge in [0.25, 0.3) is 5.56 Å². The predicted octanol–water partition coefficient (Wildman–Crippen LogP) is 1.87. The number of nitrogens with two attached hydrogens (primary N) is 1. The lowest BCUT2D eigenvalue weighted by Gasteiger charge is -2.38. The highest BCUT2D eigenvalue weighted by Crippen LogP contribution is 2.24. The van der Waals surface area contributed by atoms with E-state index < -0.39 is 0 Å². The molecule has 1 aromatic heterocycles. The molecule has 1 fully saturated rings. The highest BCUT2D eigenvalue weighted by Gasteiger charge is 2.26. The van der Waals surface area contributed by atoms with E-state index in [1.165, 1.54) is 23.9 Å². The Morgan fingerprint density at radius 1 is 1.24 bits per heavy atom. The van der Waals surface area contributed by atoms with Crippen LogP contribution < -0.4 is 11.4 Å². The second-order valence-electron chi connectivity index (χ2n) is 6.02. The summed E-state index contributed by atoms with van der Waals surface area (Å²) in [5.41, 5.74) is 0.546. The van der Waals surface area contributed by atoms with E-state index in [-0.39, 0.29) is 5.56 Å². The fourth-order valence-corrected chi connectivity index (χ4v) is 3.25. The molecular formula is C16H22N4O. The minimum atomic E-state index is -0.173. The van der Waals surface area contributed by atoms with Crippen molar-refractivity contribution in [1.29, 1.82) is 0 Å². The molecule has 2 unspecified atom stereocenters. The quantitative estimate of drug-likeness (QED) is 0.856. The molecule has 0 radical (unpaired) electrons. The number of benzene rings is 1. The van der Waals surface area contributed by atoms with Crippen LogP contribution in [0.5, 0.6) is 0 Å². The van der Waals surface area contributed by atoms with Gasteiger partial charge in [-0.25, -0.2) is 9.66 Å². The van der Waals surface area contributed by atoms with Gasteiger partial charge in [0.1, 0.15) is 5.82 Å². The van der Waals surface area contributed by atoms with Crippen molar-refractivity contribution in [3.63, 3.8) is 0 Å². The summed E-state index contributed by atoms with van der Waals surface area (Å²) in [5.74, 6) is 6.61. The first-order valence-electron chi connectivity index (χ1n) is 7.59. The zero-order chi connectivity index (χ0) is 15.0. The van der Waals surface area contributed by atoms with Gasteiger partial charge < -0.3 is 5.84 Å². The Kier molecular flexibility index (Phi) is 3.68. The molecule has 1 saturated heterocycles. The van der Waals surface area contributed by atoms with Crippen LogP contribution in [0.1, 0.15) is 38.9 Å². The van der Waals surface area contributed by atoms with Crippen LogP contribution in [0.25, 0.3) is 10.9 Å². The molecule has 1 aliphatic heterocycles. The maximum atomic E-state index is 12.3. The van der Waals surface area contributed by atoms with E-state index in [0.29, 0.717) is 29.8 Å². The number of piperidine rings is 1. The van der Waals surface area contributed by atoms with Crippen LogP contribution in [0.15, 0.2) is 29.1 Å². The van der Waals surface area contributed by atoms with Gasteiger partial charge in [0.05, 0.1) is 17.4 Å². The molecule has 5 nitrogen and oxygen atoms in total. The van der Waals surface area contributed by atoms with Crippen molar-refractivity contribution >= 4 is 10.9 Å². The Balaban J connectivity index is 2.00. The molecule has 0 spiro atoms. The van der Waals surface area contributed by atoms with Crippen molar-refractivity contribution in [3.8, 4) is 0 Å². The predicted molar refractivity (Wildman–Crippen MR) is 84.5 cm³/mol. The summed E-state index contributed by atoms with van der Waals surface area (Å²) >= 11 is 0. The van der Waals surface area contributed by atoms with Gasteiger partial charge in [0, 0.05) is 12.1 Å². The smallest absolute Gasteiger partial charge is 0.279 e. The Hall–Kier alpha value is -1.88. The summed E-state index contributed by atoms with van der Waals surface area (Å²) in [7, 11) is 0. The highest BCUT2D eigenvalue weighted by atomic mass is 16.1. The molecule has 112 valence electrons. The minimum absolute atomic E-state index is 0.173. The average molecular weight is 286 g/mol. The van der Waals surface area contributed by atoms with Crippen molar-refractivity contribution in [1.82, 2.24) is 14.6 Å². The number of aromatic nitrogens is 2. The van der Waals surface area contributed by atoms with E-state index in [9.17, 15) is 4.79 Å². The number of hydrogen-bond donors (Lipinski definition) is 1. The van der Waals surface area contributed by atoms with Gasteiger partial charge in [-0.05, 0) is 38.8 Å². The number of nitrogens with zero attached hydrogens (tertiary/aromatic N) is 3. The van der Waals surface area contributed by atoms with E-state index in [4.69, 9.17) is 5.84 Å². The van der Waals surface area contributed by atoms with E-state index in [0.717, 1.165) is 5.52 Å². The third-order valence-electron chi connectivity index (χ3n) is 4.58. The van der Waals surface area contributed by atoms with Gasteiger partial charge in [-0.15, -0.1) is 0 Å². The van der Waals surface area contributed by atoms with Gasteiger partial charge in [-0.2, -0.15) is 0 Å². The maximum absolute atomic E-state index is 12.3. The van der Waals surface area contributed by atoms with Gasteiger partial charge in [-0.1, -0.05) is 18.6 Å². The summed E-state index contributed by atoms with van der Waals surface area (Å²) < 4.78 is 1.20. The number of fused-ring (bicyclic) bond motifs is 1. The highest BCUT2D eigenvalue weighted by molar-refractivity contribution is 5.77. The summed E-state index contributed by atoms with van der Waals surface area (Å²) in [5, 5.41) is 0.573. The van der Waals surface area contributed by atoms with Crippen molar-refractivity contribution in [3.05, 3.63) is 40.4 Å². The third-order valence-corrected chi connectivity index (χ3v) is 4.58. The lowest BCUT2D eigenvalue weighted by molar-refractivity contribution is 0.0911. The molecule has 2 aromatic rings. The molecule has 2 N–H and O–H groups in total. The van der Waals surface area contributed by atoms with Gasteiger partial charge in [-0.3, -0.25) is 9.69 Å². The molecule has 0 amide bonds. The van der Waals surface area contributed by atoms with Crippen molar-refractivity contribution in [2.24, 2.45) is 0 Å². The number of para-hydroxylation sites is 1. The van der Waals surface area contributed by atoms with Gasteiger partial charge in [0.15, 0.2) is 0 Å². The summed E-state index contributed by atoms with van der Waals surface area (Å²) in [4.78, 5) is 19.3. The Labute approximate surface area is 124 Å². The third kappa shape index (κ3) is 2.53. The summed E-state index contributed by atoms with van der Waals surface area (Å²) in [6, 6.07) is 8.35. The fraction of sp³-hybridized carbons (Fsp3) is 0.500. The number of rotatable bonds is 2. The number of likely N-dealkylation sites (tertiary alicyclic amines) is 1. The minimum Gasteiger partial charge on any atom is -0.335 e. The lowest BCUT2D eigenvalue weighted by Crippen LogP contribution is -2.45. The first kappa shape index (κ1) is 14.1. The largest absolute Gasteiger partial charge is 0.335 e. The van der Waals surface area contributed by atoms with Gasteiger partial charge in [0.2, 0.25) is 0 Å². The molecular weight excluding hydrogens is 264 g/mol. The summed E-state index contributed by atoms with van der Waals surface area (Å²) in [6.07, 6.45) is 3.64. The van der Waals surface area contributed by atoms with Crippen LogP contribution in [0.2, 0.25) is 0 Å². The zero-order valence-corrected chi connectivity index (χ0v) is 12.6. The van der Waals surface area contributed by atoms with Crippen molar-refractivity contribution < 1.29 is 0 Å². The van der Waals surface area contributed by atoms with Crippen LogP contribution in [-0.2, 0) is 6.54 Å². The SMILES string of the molecule is CC1CCCC(C)N1Cc1nc2ccccc2c(=O)n1N. The molecule has 0 aliphatic carbocycles.